The Morgan fingerprint density at radius 1 is 0.596 bits per heavy atom. The highest BCUT2D eigenvalue weighted by Gasteiger charge is 2.48. The lowest BCUT2D eigenvalue weighted by molar-refractivity contribution is 0.632. The van der Waals surface area contributed by atoms with Crippen molar-refractivity contribution >= 4 is 89.4 Å². The highest BCUT2D eigenvalue weighted by molar-refractivity contribution is 6.90. The summed E-state index contributed by atoms with van der Waals surface area (Å²) in [7, 11) is 0. The van der Waals surface area contributed by atoms with Crippen LogP contribution in [0.2, 0.25) is 0 Å². The van der Waals surface area contributed by atoms with Crippen LogP contribution in [0.3, 0.4) is 0 Å². The Morgan fingerprint density at radius 3 is 2.28 bits per heavy atom. The molecule has 0 unspecified atom stereocenters. The fraction of sp³-hybridized carbons (Fsp3) is 0.0698. The van der Waals surface area contributed by atoms with E-state index in [1.807, 2.05) is 0 Å². The zero-order valence-electron chi connectivity index (χ0n) is 26.0. The molecule has 3 aliphatic rings. The maximum Gasteiger partial charge on any atom is 0.333 e. The van der Waals surface area contributed by atoms with Crippen molar-refractivity contribution in [2.24, 2.45) is 0 Å². The summed E-state index contributed by atoms with van der Waals surface area (Å²) in [5.41, 5.74) is 16.1. The number of furan rings is 1. The molecule has 5 heterocycles. The van der Waals surface area contributed by atoms with E-state index in [1.54, 1.807) is 0 Å². The van der Waals surface area contributed by atoms with Crippen LogP contribution in [-0.2, 0) is 5.41 Å². The van der Waals surface area contributed by atoms with Gasteiger partial charge in [0.2, 0.25) is 0 Å². The molecule has 0 fully saturated rings. The normalized spacial score (nSPS) is 15.1. The van der Waals surface area contributed by atoms with Crippen molar-refractivity contribution in [3.05, 3.63) is 139 Å². The SMILES string of the molecule is CC1(C)c2ccccc2N2c3cc4oc5ccccc5c4c4c3B(c3cccc1c32)n1c2c-4cccc2c2ccc3ccccc3c21. The zero-order valence-corrected chi connectivity index (χ0v) is 26.0. The highest BCUT2D eigenvalue weighted by Crippen LogP contribution is 2.55. The van der Waals surface area contributed by atoms with Crippen molar-refractivity contribution in [1.82, 2.24) is 4.48 Å². The third-order valence-electron chi connectivity index (χ3n) is 11.5. The van der Waals surface area contributed by atoms with E-state index in [0.717, 1.165) is 11.2 Å². The Kier molecular flexibility index (Phi) is 4.15. The first-order valence-electron chi connectivity index (χ1n) is 16.6. The first kappa shape index (κ1) is 24.5. The third-order valence-corrected chi connectivity index (χ3v) is 11.5. The molecule has 0 amide bonds. The Labute approximate surface area is 271 Å². The van der Waals surface area contributed by atoms with Crippen molar-refractivity contribution in [2.45, 2.75) is 19.3 Å². The fourth-order valence-corrected chi connectivity index (χ4v) is 9.63. The molecule has 3 nitrogen and oxygen atoms in total. The minimum absolute atomic E-state index is 0.00830. The van der Waals surface area contributed by atoms with Crippen molar-refractivity contribution in [1.29, 1.82) is 0 Å². The summed E-state index contributed by atoms with van der Waals surface area (Å²) in [5.74, 6) is 0. The summed E-state index contributed by atoms with van der Waals surface area (Å²) < 4.78 is 9.44. The van der Waals surface area contributed by atoms with E-state index in [-0.39, 0.29) is 12.3 Å². The van der Waals surface area contributed by atoms with Crippen LogP contribution in [-0.4, -0.2) is 11.3 Å². The lowest BCUT2D eigenvalue weighted by Crippen LogP contribution is -2.58. The minimum atomic E-state index is -0.157. The van der Waals surface area contributed by atoms with Crippen LogP contribution in [0, 0.1) is 0 Å². The van der Waals surface area contributed by atoms with E-state index >= 15 is 0 Å². The van der Waals surface area contributed by atoms with E-state index in [2.05, 4.69) is 151 Å². The largest absolute Gasteiger partial charge is 0.456 e. The van der Waals surface area contributed by atoms with Crippen molar-refractivity contribution < 1.29 is 4.42 Å². The van der Waals surface area contributed by atoms with E-state index < -0.39 is 0 Å². The van der Waals surface area contributed by atoms with Gasteiger partial charge in [-0.25, -0.2) is 0 Å². The second-order valence-corrected chi connectivity index (χ2v) is 14.0. The summed E-state index contributed by atoms with van der Waals surface area (Å²) in [4.78, 5) is 2.56. The molecule has 9 aromatic rings. The second-order valence-electron chi connectivity index (χ2n) is 14.0. The van der Waals surface area contributed by atoms with E-state index in [1.165, 1.54) is 93.6 Å². The quantitative estimate of drug-likeness (QED) is 0.162. The number of benzene rings is 7. The van der Waals surface area contributed by atoms with Crippen molar-refractivity contribution in [3.63, 3.8) is 0 Å². The molecule has 0 saturated heterocycles. The summed E-state index contributed by atoms with van der Waals surface area (Å²) in [6, 6.07) is 47.3. The number of hydrogen-bond acceptors (Lipinski definition) is 2. The van der Waals surface area contributed by atoms with Crippen molar-refractivity contribution in [2.75, 3.05) is 4.90 Å². The molecule has 7 aromatic carbocycles. The molecule has 218 valence electrons. The van der Waals surface area contributed by atoms with Gasteiger partial charge in [-0.2, -0.15) is 0 Å². The molecule has 0 aliphatic carbocycles. The average molecular weight is 599 g/mol. The molecular weight excluding hydrogens is 571 g/mol. The monoisotopic (exact) mass is 598 g/mol. The molecule has 0 atom stereocenters. The topological polar surface area (TPSA) is 21.3 Å². The summed E-state index contributed by atoms with van der Waals surface area (Å²) in [6.45, 7) is 4.76. The van der Waals surface area contributed by atoms with Gasteiger partial charge in [0.1, 0.15) is 11.2 Å². The standard InChI is InChI=1S/C43H27BN2O/c1-43(2)30-16-6-7-19-33(30)45-34-23-36-37(28-13-5-8-20-35(28)47-36)38-29-15-9-14-26-27-22-21-24-11-3-4-12-25(24)40(27)46(41(26)29)44(39(34)38)32-18-10-17-31(43)42(32)45/h3-23H,1-2H3. The Balaban J connectivity index is 1.38. The number of fused-ring (bicyclic) bond motifs is 15. The van der Waals surface area contributed by atoms with Gasteiger partial charge < -0.3 is 13.8 Å². The average Bonchev–Trinajstić information content (AvgIpc) is 3.65. The fourth-order valence-electron chi connectivity index (χ4n) is 9.63. The number of para-hydroxylation sites is 4. The number of hydrogen-bond donors (Lipinski definition) is 0. The highest BCUT2D eigenvalue weighted by atomic mass is 16.3. The van der Waals surface area contributed by atoms with Gasteiger partial charge in [0.05, 0.1) is 5.69 Å². The van der Waals surface area contributed by atoms with Crippen LogP contribution >= 0.6 is 0 Å². The van der Waals surface area contributed by atoms with Gasteiger partial charge >= 0.3 is 6.85 Å². The summed E-state index contributed by atoms with van der Waals surface area (Å²) in [5, 5.41) is 7.56. The second kappa shape index (κ2) is 7.97. The summed E-state index contributed by atoms with van der Waals surface area (Å²) in [6.07, 6.45) is 0. The molecule has 12 rings (SSSR count). The van der Waals surface area contributed by atoms with Gasteiger partial charge in [0.25, 0.3) is 0 Å². The number of anilines is 3. The Hall–Kier alpha value is -5.74. The van der Waals surface area contributed by atoms with Gasteiger partial charge in [-0.1, -0.05) is 123 Å². The molecule has 2 aromatic heterocycles. The van der Waals surface area contributed by atoms with Crippen LogP contribution in [0.4, 0.5) is 17.1 Å². The first-order chi connectivity index (χ1) is 23.1. The number of aromatic nitrogens is 1. The van der Waals surface area contributed by atoms with Gasteiger partial charge in [-0.15, -0.1) is 0 Å². The Morgan fingerprint density at radius 2 is 1.34 bits per heavy atom. The van der Waals surface area contributed by atoms with Gasteiger partial charge in [0.15, 0.2) is 0 Å². The Bertz CT molecular complexity index is 2910. The van der Waals surface area contributed by atoms with Crippen molar-refractivity contribution in [3.8, 4) is 11.1 Å². The zero-order chi connectivity index (χ0) is 30.8. The van der Waals surface area contributed by atoms with Crippen LogP contribution in [0.1, 0.15) is 25.0 Å². The molecule has 0 radical (unpaired) electrons. The molecule has 0 bridgehead atoms. The van der Waals surface area contributed by atoms with E-state index in [9.17, 15) is 0 Å². The number of nitrogens with zero attached hydrogens (tertiary/aromatic N) is 2. The van der Waals surface area contributed by atoms with Gasteiger partial charge in [-0.05, 0) is 45.1 Å². The number of rotatable bonds is 0. The predicted molar refractivity (Wildman–Crippen MR) is 197 cm³/mol. The molecule has 0 saturated carbocycles. The first-order valence-corrected chi connectivity index (χ1v) is 16.6. The van der Waals surface area contributed by atoms with Crippen LogP contribution < -0.4 is 15.8 Å². The molecule has 0 spiro atoms. The van der Waals surface area contributed by atoms with Crippen LogP contribution in [0.25, 0.3) is 65.6 Å². The molecule has 3 aliphatic heterocycles. The summed E-state index contributed by atoms with van der Waals surface area (Å²) >= 11 is 0. The molecular formula is C43H27BN2O. The lowest BCUT2D eigenvalue weighted by Gasteiger charge is -2.48. The molecule has 4 heteroatoms. The predicted octanol–water partition coefficient (Wildman–Crippen LogP) is 9.90. The van der Waals surface area contributed by atoms with Crippen LogP contribution in [0.5, 0.6) is 0 Å². The third kappa shape index (κ3) is 2.68. The smallest absolute Gasteiger partial charge is 0.333 e. The van der Waals surface area contributed by atoms with E-state index in [4.69, 9.17) is 4.42 Å². The van der Waals surface area contributed by atoms with Gasteiger partial charge in [-0.3, -0.25) is 0 Å². The van der Waals surface area contributed by atoms with E-state index in [0.29, 0.717) is 0 Å². The lowest BCUT2D eigenvalue weighted by atomic mass is 9.44. The van der Waals surface area contributed by atoms with Gasteiger partial charge in [0, 0.05) is 66.4 Å². The maximum absolute atomic E-state index is 6.75. The maximum atomic E-state index is 6.75. The van der Waals surface area contributed by atoms with Crippen LogP contribution in [0.15, 0.2) is 132 Å². The molecule has 47 heavy (non-hydrogen) atoms. The minimum Gasteiger partial charge on any atom is -0.456 e. The molecule has 0 N–H and O–H groups in total.